The van der Waals surface area contributed by atoms with Crippen LogP contribution in [0.1, 0.15) is 0 Å². The molecule has 130 valence electrons. The third-order valence-electron chi connectivity index (χ3n) is 6.06. The lowest BCUT2D eigenvalue weighted by Gasteiger charge is -2.44. The summed E-state index contributed by atoms with van der Waals surface area (Å²) >= 11 is 0. The van der Waals surface area contributed by atoms with Crippen molar-refractivity contribution in [1.29, 1.82) is 0 Å². The molecule has 1 atom stereocenters. The first kappa shape index (κ1) is 15.4. The number of nitrogens with zero attached hydrogens (tertiary/aromatic N) is 2. The minimum Gasteiger partial charge on any atom is -0.481 e. The van der Waals surface area contributed by atoms with Gasteiger partial charge in [0.05, 0.1) is 45.5 Å². The molecule has 3 saturated heterocycles. The van der Waals surface area contributed by atoms with E-state index >= 15 is 0 Å². The summed E-state index contributed by atoms with van der Waals surface area (Å²) in [6.45, 7) is 3.43. The van der Waals surface area contributed by atoms with Gasteiger partial charge in [0.15, 0.2) is 0 Å². The second-order valence-corrected chi connectivity index (χ2v) is 7.17. The van der Waals surface area contributed by atoms with Gasteiger partial charge in [-0.15, -0.1) is 0 Å². The van der Waals surface area contributed by atoms with Crippen LogP contribution in [-0.2, 0) is 14.0 Å². The summed E-state index contributed by atoms with van der Waals surface area (Å²) in [5.41, 5.74) is 2.41. The van der Waals surface area contributed by atoms with Gasteiger partial charge >= 0.3 is 6.89 Å². The highest BCUT2D eigenvalue weighted by atomic mass is 16.8. The molecule has 0 bridgehead atoms. The van der Waals surface area contributed by atoms with Crippen molar-refractivity contribution >= 4 is 18.3 Å². The van der Waals surface area contributed by atoms with Crippen molar-refractivity contribution in [2.75, 3.05) is 44.4 Å². The molecule has 0 N–H and O–H groups in total. The van der Waals surface area contributed by atoms with Crippen molar-refractivity contribution in [1.82, 2.24) is 0 Å². The van der Waals surface area contributed by atoms with Gasteiger partial charge in [-0.3, -0.25) is 0 Å². The Morgan fingerprint density at radius 2 is 1.40 bits per heavy atom. The van der Waals surface area contributed by atoms with Gasteiger partial charge in [-0.25, -0.2) is 0 Å². The Labute approximate surface area is 148 Å². The SMILES string of the molecule is c1ccc(N(CC2CO[B-]34OCC[N+]23CCO4)c2ccccc2)cc1. The fraction of sp³-hybridized carbons (Fsp3) is 0.368. The fourth-order valence-electron chi connectivity index (χ4n) is 4.77. The molecule has 3 heterocycles. The van der Waals surface area contributed by atoms with Crippen LogP contribution >= 0.6 is 0 Å². The Bertz CT molecular complexity index is 693. The molecule has 2 aromatic carbocycles. The fourth-order valence-corrected chi connectivity index (χ4v) is 4.77. The molecule has 3 fully saturated rings. The number of rotatable bonds is 4. The first-order valence-corrected chi connectivity index (χ1v) is 9.12. The summed E-state index contributed by atoms with van der Waals surface area (Å²) in [4.78, 5) is 2.39. The highest BCUT2D eigenvalue weighted by Crippen LogP contribution is 2.43. The largest absolute Gasteiger partial charge is 0.625 e. The van der Waals surface area contributed by atoms with Crippen molar-refractivity contribution < 1.29 is 18.4 Å². The standard InChI is InChI=1S/C19H23BN2O3/c1-3-7-17(8-4-1)21(18-9-5-2-6-10-18)15-19-16-25-20-22(19,11-13-23-20)12-14-24-20/h1-10,19H,11-16H2. The zero-order chi connectivity index (χ0) is 16.7. The molecule has 0 aliphatic carbocycles. The van der Waals surface area contributed by atoms with E-state index in [2.05, 4.69) is 65.6 Å². The summed E-state index contributed by atoms with van der Waals surface area (Å²) in [6, 6.07) is 21.5. The molecular weight excluding hydrogens is 315 g/mol. The zero-order valence-electron chi connectivity index (χ0n) is 14.3. The van der Waals surface area contributed by atoms with Crippen molar-refractivity contribution in [3.05, 3.63) is 60.7 Å². The smallest absolute Gasteiger partial charge is 0.481 e. The van der Waals surface area contributed by atoms with Crippen molar-refractivity contribution in [3.63, 3.8) is 0 Å². The second kappa shape index (κ2) is 5.85. The predicted octanol–water partition coefficient (Wildman–Crippen LogP) is 2.54. The van der Waals surface area contributed by atoms with Gasteiger partial charge in [0.2, 0.25) is 0 Å². The van der Waals surface area contributed by atoms with Crippen molar-refractivity contribution in [3.8, 4) is 0 Å². The average Bonchev–Trinajstić information content (AvgIpc) is 3.27. The number of hydrogen-bond acceptors (Lipinski definition) is 4. The Morgan fingerprint density at radius 1 is 0.840 bits per heavy atom. The highest BCUT2D eigenvalue weighted by Gasteiger charge is 2.68. The molecule has 0 saturated carbocycles. The molecule has 6 heteroatoms. The summed E-state index contributed by atoms with van der Waals surface area (Å²) in [7, 11) is 0. The van der Waals surface area contributed by atoms with Gasteiger partial charge in [-0.2, -0.15) is 0 Å². The summed E-state index contributed by atoms with van der Waals surface area (Å²) in [5.74, 6) is 0. The van der Waals surface area contributed by atoms with E-state index in [1.165, 1.54) is 11.4 Å². The first-order valence-electron chi connectivity index (χ1n) is 9.12. The predicted molar refractivity (Wildman–Crippen MR) is 97.3 cm³/mol. The molecule has 5 nitrogen and oxygen atoms in total. The second-order valence-electron chi connectivity index (χ2n) is 7.17. The molecule has 0 aromatic heterocycles. The maximum absolute atomic E-state index is 6.13. The van der Waals surface area contributed by atoms with E-state index in [9.17, 15) is 0 Å². The zero-order valence-corrected chi connectivity index (χ0v) is 14.3. The molecular formula is C19H23BN2O3. The topological polar surface area (TPSA) is 30.9 Å². The highest BCUT2D eigenvalue weighted by molar-refractivity contribution is 6.54. The Morgan fingerprint density at radius 3 is 1.96 bits per heavy atom. The minimum absolute atomic E-state index is 0.352. The molecule has 5 rings (SSSR count). The van der Waals surface area contributed by atoms with Crippen LogP contribution in [0.3, 0.4) is 0 Å². The van der Waals surface area contributed by atoms with Crippen LogP contribution in [0, 0.1) is 0 Å². The molecule has 1 unspecified atom stereocenters. The number of hydrogen-bond donors (Lipinski definition) is 0. The summed E-state index contributed by atoms with van der Waals surface area (Å²) < 4.78 is 18.9. The number of quaternary nitrogens is 1. The lowest BCUT2D eigenvalue weighted by atomic mass is 9.91. The van der Waals surface area contributed by atoms with Crippen LogP contribution in [0.2, 0.25) is 0 Å². The van der Waals surface area contributed by atoms with E-state index in [0.29, 0.717) is 12.6 Å². The van der Waals surface area contributed by atoms with E-state index in [1.807, 2.05) is 0 Å². The van der Waals surface area contributed by atoms with Crippen LogP contribution in [0.5, 0.6) is 0 Å². The normalized spacial score (nSPS) is 33.2. The summed E-state index contributed by atoms with van der Waals surface area (Å²) in [6.07, 6.45) is 0. The number of para-hydroxylation sites is 2. The molecule has 0 amide bonds. The van der Waals surface area contributed by atoms with E-state index < -0.39 is 6.89 Å². The van der Waals surface area contributed by atoms with Gasteiger partial charge in [-0.05, 0) is 24.3 Å². The number of anilines is 2. The van der Waals surface area contributed by atoms with E-state index in [4.69, 9.17) is 14.0 Å². The average molecular weight is 338 g/mol. The first-order chi connectivity index (χ1) is 12.3. The van der Waals surface area contributed by atoms with Gasteiger partial charge in [0.25, 0.3) is 0 Å². The third kappa shape index (κ3) is 2.25. The molecule has 0 radical (unpaired) electrons. The van der Waals surface area contributed by atoms with Crippen LogP contribution < -0.4 is 4.90 Å². The van der Waals surface area contributed by atoms with Crippen molar-refractivity contribution in [2.45, 2.75) is 6.04 Å². The quantitative estimate of drug-likeness (QED) is 0.802. The lowest BCUT2D eigenvalue weighted by molar-refractivity contribution is -0.839. The molecule has 25 heavy (non-hydrogen) atoms. The maximum atomic E-state index is 6.13. The van der Waals surface area contributed by atoms with Gasteiger partial charge in [-0.1, -0.05) is 36.4 Å². The van der Waals surface area contributed by atoms with Crippen LogP contribution in [0.15, 0.2) is 60.7 Å². The van der Waals surface area contributed by atoms with E-state index in [-0.39, 0.29) is 0 Å². The van der Waals surface area contributed by atoms with Crippen LogP contribution in [0.25, 0.3) is 0 Å². The van der Waals surface area contributed by atoms with Crippen molar-refractivity contribution in [2.24, 2.45) is 0 Å². The van der Waals surface area contributed by atoms with Gasteiger partial charge < -0.3 is 23.3 Å². The number of benzene rings is 2. The molecule has 0 spiro atoms. The van der Waals surface area contributed by atoms with Crippen LogP contribution in [-0.4, -0.2) is 56.8 Å². The van der Waals surface area contributed by atoms with Gasteiger partial charge in [0, 0.05) is 11.4 Å². The Kier molecular flexibility index (Phi) is 3.60. The van der Waals surface area contributed by atoms with Gasteiger partial charge in [0.1, 0.15) is 0 Å². The Hall–Kier alpha value is -1.86. The third-order valence-corrected chi connectivity index (χ3v) is 6.06. The molecule has 3 aliphatic heterocycles. The molecule has 2 aromatic rings. The molecule has 3 aliphatic rings. The summed E-state index contributed by atoms with van der Waals surface area (Å²) in [5, 5.41) is 0. The van der Waals surface area contributed by atoms with E-state index in [1.54, 1.807) is 0 Å². The Balaban J connectivity index is 1.49. The minimum atomic E-state index is -1.59. The monoisotopic (exact) mass is 338 g/mol. The van der Waals surface area contributed by atoms with Crippen LogP contribution in [0.4, 0.5) is 11.4 Å². The lowest BCUT2D eigenvalue weighted by Crippen LogP contribution is -2.64. The maximum Gasteiger partial charge on any atom is 0.625 e. The van der Waals surface area contributed by atoms with E-state index in [0.717, 1.165) is 37.2 Å².